The molecular formula is C20H15F7O4. The Hall–Kier alpha value is -2.82. The molecule has 1 fully saturated rings. The SMILES string of the molecule is CC1CCC(C(=O)Oc2ccc(C(F)(F)Oc3cc(F)c(F)c(F)c3)c(F)c2F)OC1. The zero-order valence-electron chi connectivity index (χ0n) is 15.9. The molecule has 1 saturated heterocycles. The molecule has 2 atom stereocenters. The Labute approximate surface area is 171 Å². The zero-order valence-corrected chi connectivity index (χ0v) is 15.9. The Bertz CT molecular complexity index is 965. The average molecular weight is 452 g/mol. The van der Waals surface area contributed by atoms with Crippen molar-refractivity contribution in [2.24, 2.45) is 5.92 Å². The smallest absolute Gasteiger partial charge is 0.429 e. The first-order valence-electron chi connectivity index (χ1n) is 9.02. The van der Waals surface area contributed by atoms with Crippen LogP contribution in [0, 0.1) is 35.0 Å². The van der Waals surface area contributed by atoms with Crippen molar-refractivity contribution in [2.45, 2.75) is 32.0 Å². The minimum atomic E-state index is -4.60. The number of benzene rings is 2. The maximum atomic E-state index is 14.3. The Balaban J connectivity index is 1.79. The molecule has 0 spiro atoms. The maximum Gasteiger partial charge on any atom is 0.429 e. The van der Waals surface area contributed by atoms with Crippen LogP contribution in [-0.4, -0.2) is 18.7 Å². The second kappa shape index (κ2) is 8.74. The quantitative estimate of drug-likeness (QED) is 0.270. The number of halogens is 7. The van der Waals surface area contributed by atoms with E-state index >= 15 is 0 Å². The van der Waals surface area contributed by atoms with Crippen LogP contribution in [0.3, 0.4) is 0 Å². The largest absolute Gasteiger partial charge is 0.429 e. The normalized spacial score (nSPS) is 19.2. The van der Waals surface area contributed by atoms with E-state index in [0.29, 0.717) is 25.0 Å². The van der Waals surface area contributed by atoms with Gasteiger partial charge in [-0.05, 0) is 30.9 Å². The first-order chi connectivity index (χ1) is 14.5. The van der Waals surface area contributed by atoms with Crippen LogP contribution in [0.4, 0.5) is 30.7 Å². The molecule has 2 aromatic carbocycles. The van der Waals surface area contributed by atoms with Crippen LogP contribution in [0.2, 0.25) is 0 Å². The molecule has 2 unspecified atom stereocenters. The van der Waals surface area contributed by atoms with E-state index in [1.807, 2.05) is 6.92 Å². The van der Waals surface area contributed by atoms with Crippen LogP contribution in [0.25, 0.3) is 0 Å². The summed E-state index contributed by atoms with van der Waals surface area (Å²) in [5, 5.41) is 0. The number of hydrogen-bond acceptors (Lipinski definition) is 4. The molecule has 0 N–H and O–H groups in total. The van der Waals surface area contributed by atoms with Gasteiger partial charge >= 0.3 is 12.1 Å². The van der Waals surface area contributed by atoms with Crippen molar-refractivity contribution in [1.29, 1.82) is 0 Å². The molecule has 1 heterocycles. The van der Waals surface area contributed by atoms with Crippen molar-refractivity contribution >= 4 is 5.97 Å². The molecule has 0 radical (unpaired) electrons. The molecular weight excluding hydrogens is 437 g/mol. The Morgan fingerprint density at radius 2 is 1.65 bits per heavy atom. The van der Waals surface area contributed by atoms with Gasteiger partial charge < -0.3 is 14.2 Å². The highest BCUT2D eigenvalue weighted by Gasteiger charge is 2.40. The van der Waals surface area contributed by atoms with Crippen molar-refractivity contribution < 1.29 is 49.7 Å². The molecule has 0 bridgehead atoms. The van der Waals surface area contributed by atoms with Crippen LogP contribution in [-0.2, 0) is 15.6 Å². The number of hydrogen-bond donors (Lipinski definition) is 0. The summed E-state index contributed by atoms with van der Waals surface area (Å²) in [7, 11) is 0. The van der Waals surface area contributed by atoms with E-state index in [0.717, 1.165) is 0 Å². The van der Waals surface area contributed by atoms with E-state index in [1.165, 1.54) is 0 Å². The fraction of sp³-hybridized carbons (Fsp3) is 0.350. The van der Waals surface area contributed by atoms with Crippen LogP contribution < -0.4 is 9.47 Å². The molecule has 1 aliphatic rings. The van der Waals surface area contributed by atoms with E-state index < -0.39 is 64.3 Å². The van der Waals surface area contributed by atoms with E-state index in [9.17, 15) is 35.5 Å². The molecule has 1 aliphatic heterocycles. The van der Waals surface area contributed by atoms with E-state index in [-0.39, 0.29) is 24.7 Å². The number of carbonyl (C=O) groups excluding carboxylic acids is 1. The predicted molar refractivity (Wildman–Crippen MR) is 91.0 cm³/mol. The number of alkyl halides is 2. The van der Waals surface area contributed by atoms with Gasteiger partial charge in [-0.15, -0.1) is 0 Å². The van der Waals surface area contributed by atoms with Crippen molar-refractivity contribution in [3.63, 3.8) is 0 Å². The molecule has 168 valence electrons. The summed E-state index contributed by atoms with van der Waals surface area (Å²) in [5.41, 5.74) is -1.64. The molecule has 0 aliphatic carbocycles. The molecule has 0 amide bonds. The molecule has 4 nitrogen and oxygen atoms in total. The third kappa shape index (κ3) is 4.92. The molecule has 0 aromatic heterocycles. The van der Waals surface area contributed by atoms with Crippen molar-refractivity contribution in [2.75, 3.05) is 6.61 Å². The van der Waals surface area contributed by atoms with Crippen LogP contribution >= 0.6 is 0 Å². The highest BCUT2D eigenvalue weighted by atomic mass is 19.3. The summed E-state index contributed by atoms with van der Waals surface area (Å²) in [6, 6.07) is 1.17. The third-order valence-electron chi connectivity index (χ3n) is 4.54. The molecule has 3 rings (SSSR count). The van der Waals surface area contributed by atoms with Gasteiger partial charge in [0.25, 0.3) is 0 Å². The number of carbonyl (C=O) groups is 1. The predicted octanol–water partition coefficient (Wildman–Crippen LogP) is 5.23. The molecule has 11 heteroatoms. The van der Waals surface area contributed by atoms with Crippen molar-refractivity contribution in [3.8, 4) is 11.5 Å². The Kier molecular flexibility index (Phi) is 6.44. The van der Waals surface area contributed by atoms with Crippen molar-refractivity contribution in [3.05, 3.63) is 58.9 Å². The second-order valence-corrected chi connectivity index (χ2v) is 6.98. The summed E-state index contributed by atoms with van der Waals surface area (Å²) >= 11 is 0. The first kappa shape index (κ1) is 22.9. The Morgan fingerprint density at radius 3 is 2.23 bits per heavy atom. The first-order valence-corrected chi connectivity index (χ1v) is 9.02. The maximum absolute atomic E-state index is 14.3. The van der Waals surface area contributed by atoms with Crippen LogP contribution in [0.5, 0.6) is 11.5 Å². The molecule has 31 heavy (non-hydrogen) atoms. The van der Waals surface area contributed by atoms with Crippen LogP contribution in [0.15, 0.2) is 24.3 Å². The minimum Gasteiger partial charge on any atom is -0.429 e. The highest BCUT2D eigenvalue weighted by molar-refractivity contribution is 5.77. The lowest BCUT2D eigenvalue weighted by Crippen LogP contribution is -2.34. The topological polar surface area (TPSA) is 44.8 Å². The fourth-order valence-electron chi connectivity index (χ4n) is 2.87. The zero-order chi connectivity index (χ0) is 22.9. The lowest BCUT2D eigenvalue weighted by Gasteiger charge is -2.25. The number of esters is 1. The van der Waals surface area contributed by atoms with Gasteiger partial charge in [0.05, 0.1) is 6.61 Å². The standard InChI is InChI=1S/C20H15F7O4/c1-9-2-4-15(29-8-9)19(28)30-14-5-3-11(16(23)18(14)25)20(26,27)31-10-6-12(21)17(24)13(22)7-10/h3,5-7,9,15H,2,4,8H2,1H3. The van der Waals surface area contributed by atoms with Gasteiger partial charge in [0.15, 0.2) is 35.1 Å². The number of ether oxygens (including phenoxy) is 3. The lowest BCUT2D eigenvalue weighted by molar-refractivity contribution is -0.188. The Morgan fingerprint density at radius 1 is 1.00 bits per heavy atom. The summed E-state index contributed by atoms with van der Waals surface area (Å²) < 4.78 is 110. The lowest BCUT2D eigenvalue weighted by atomic mass is 10.0. The van der Waals surface area contributed by atoms with Gasteiger partial charge in [-0.2, -0.15) is 13.2 Å². The van der Waals surface area contributed by atoms with Gasteiger partial charge in [0.2, 0.25) is 5.82 Å². The highest BCUT2D eigenvalue weighted by Crippen LogP contribution is 2.37. The summed E-state index contributed by atoms with van der Waals surface area (Å²) in [6.07, 6.45) is -4.68. The summed E-state index contributed by atoms with van der Waals surface area (Å²) in [6.45, 7) is 2.16. The molecule has 2 aromatic rings. The van der Waals surface area contributed by atoms with Gasteiger partial charge in [-0.25, -0.2) is 22.4 Å². The summed E-state index contributed by atoms with van der Waals surface area (Å²) in [5.74, 6) is -12.5. The van der Waals surface area contributed by atoms with Gasteiger partial charge in [0.1, 0.15) is 11.3 Å². The van der Waals surface area contributed by atoms with Crippen LogP contribution in [0.1, 0.15) is 25.3 Å². The van der Waals surface area contributed by atoms with Gasteiger partial charge in [-0.1, -0.05) is 6.92 Å². The average Bonchev–Trinajstić information content (AvgIpc) is 2.69. The van der Waals surface area contributed by atoms with Crippen molar-refractivity contribution in [1.82, 2.24) is 0 Å². The van der Waals surface area contributed by atoms with E-state index in [4.69, 9.17) is 9.47 Å². The third-order valence-corrected chi connectivity index (χ3v) is 4.54. The second-order valence-electron chi connectivity index (χ2n) is 6.98. The monoisotopic (exact) mass is 452 g/mol. The van der Waals surface area contributed by atoms with Gasteiger partial charge in [-0.3, -0.25) is 0 Å². The minimum absolute atomic E-state index is 0.113. The number of rotatable bonds is 5. The summed E-state index contributed by atoms with van der Waals surface area (Å²) in [4.78, 5) is 12.0. The fourth-order valence-corrected chi connectivity index (χ4v) is 2.87. The van der Waals surface area contributed by atoms with Gasteiger partial charge in [0, 0.05) is 12.1 Å². The molecule has 0 saturated carbocycles. The van der Waals surface area contributed by atoms with E-state index in [1.54, 1.807) is 0 Å². The van der Waals surface area contributed by atoms with E-state index in [2.05, 4.69) is 4.74 Å².